The van der Waals surface area contributed by atoms with Gasteiger partial charge in [0.05, 0.1) is 24.5 Å². The Bertz CT molecular complexity index is 668. The molecule has 29 heavy (non-hydrogen) atoms. The highest BCUT2D eigenvalue weighted by atomic mass is 16.6. The fourth-order valence-corrected chi connectivity index (χ4v) is 4.84. The van der Waals surface area contributed by atoms with Crippen molar-refractivity contribution >= 4 is 11.9 Å². The Morgan fingerprint density at radius 3 is 2.76 bits per heavy atom. The van der Waals surface area contributed by atoms with Crippen LogP contribution in [0.5, 0.6) is 0 Å². The van der Waals surface area contributed by atoms with Crippen LogP contribution in [0, 0.1) is 23.7 Å². The summed E-state index contributed by atoms with van der Waals surface area (Å²) in [6.07, 6.45) is 7.31. The first-order valence-electron chi connectivity index (χ1n) is 10.9. The van der Waals surface area contributed by atoms with Crippen molar-refractivity contribution in [1.29, 1.82) is 0 Å². The van der Waals surface area contributed by atoms with Gasteiger partial charge in [0.25, 0.3) is 0 Å². The number of carbonyl (C=O) groups excluding carboxylic acids is 2. The topological polar surface area (TPSA) is 93.1 Å². The maximum Gasteiger partial charge on any atom is 0.308 e. The maximum atomic E-state index is 12.5. The lowest BCUT2D eigenvalue weighted by Gasteiger charge is -2.43. The summed E-state index contributed by atoms with van der Waals surface area (Å²) in [5, 5.41) is 20.2. The van der Waals surface area contributed by atoms with Crippen molar-refractivity contribution in [2.24, 2.45) is 23.7 Å². The summed E-state index contributed by atoms with van der Waals surface area (Å²) < 4.78 is 11.3. The molecule has 0 aromatic carbocycles. The Labute approximate surface area is 173 Å². The molecule has 8 atom stereocenters. The Morgan fingerprint density at radius 2 is 2.07 bits per heavy atom. The third kappa shape index (κ3) is 5.28. The molecule has 0 bridgehead atoms. The van der Waals surface area contributed by atoms with E-state index >= 15 is 0 Å². The number of aliphatic hydroxyl groups excluding tert-OH is 2. The van der Waals surface area contributed by atoms with Crippen molar-refractivity contribution in [3.8, 4) is 0 Å². The van der Waals surface area contributed by atoms with Gasteiger partial charge in [0.15, 0.2) is 0 Å². The van der Waals surface area contributed by atoms with Crippen molar-refractivity contribution in [2.75, 3.05) is 0 Å². The predicted molar refractivity (Wildman–Crippen MR) is 108 cm³/mol. The maximum absolute atomic E-state index is 12.5. The van der Waals surface area contributed by atoms with Gasteiger partial charge in [0.1, 0.15) is 12.2 Å². The highest BCUT2D eigenvalue weighted by Gasteiger charge is 2.42. The van der Waals surface area contributed by atoms with Crippen molar-refractivity contribution in [3.63, 3.8) is 0 Å². The highest BCUT2D eigenvalue weighted by Crippen LogP contribution is 2.44. The number of allylic oxidation sites excluding steroid dienone is 2. The van der Waals surface area contributed by atoms with E-state index in [0.29, 0.717) is 19.3 Å². The number of esters is 2. The molecule has 0 amide bonds. The zero-order chi connectivity index (χ0) is 21.1. The SMILES string of the molecule is CC[C@H](C)C(=O)OC1C[C@@H](O)C=C2C=C[C@H](C)[C@H](CC[C@@H]3C[C@@H](O)CC(=O)O3)[C@H]21. The van der Waals surface area contributed by atoms with E-state index in [0.717, 1.165) is 18.4 Å². The molecule has 3 aliphatic rings. The normalized spacial score (nSPS) is 37.9. The summed E-state index contributed by atoms with van der Waals surface area (Å²) in [5.41, 5.74) is 1.02. The number of rotatable bonds is 6. The number of cyclic esters (lactones) is 1. The summed E-state index contributed by atoms with van der Waals surface area (Å²) in [6.45, 7) is 5.97. The molecule has 2 aliphatic carbocycles. The molecule has 1 heterocycles. The van der Waals surface area contributed by atoms with E-state index in [9.17, 15) is 19.8 Å². The van der Waals surface area contributed by atoms with Crippen LogP contribution in [0.25, 0.3) is 0 Å². The molecule has 0 saturated carbocycles. The van der Waals surface area contributed by atoms with Gasteiger partial charge in [-0.3, -0.25) is 9.59 Å². The third-order valence-corrected chi connectivity index (χ3v) is 6.71. The number of hydrogen-bond donors (Lipinski definition) is 2. The highest BCUT2D eigenvalue weighted by molar-refractivity contribution is 5.72. The smallest absolute Gasteiger partial charge is 0.308 e. The molecular weight excluding hydrogens is 372 g/mol. The molecule has 1 aliphatic heterocycles. The average molecular weight is 407 g/mol. The summed E-state index contributed by atoms with van der Waals surface area (Å²) >= 11 is 0. The summed E-state index contributed by atoms with van der Waals surface area (Å²) in [6, 6.07) is 0. The van der Waals surface area contributed by atoms with Crippen LogP contribution in [-0.2, 0) is 19.1 Å². The zero-order valence-electron chi connectivity index (χ0n) is 17.6. The van der Waals surface area contributed by atoms with Crippen molar-refractivity contribution in [3.05, 3.63) is 23.8 Å². The molecule has 0 aromatic heterocycles. The lowest BCUT2D eigenvalue weighted by molar-refractivity contribution is -0.162. The second-order valence-electron chi connectivity index (χ2n) is 8.95. The summed E-state index contributed by atoms with van der Waals surface area (Å²) in [4.78, 5) is 24.1. The molecule has 1 unspecified atom stereocenters. The first kappa shape index (κ1) is 22.0. The monoisotopic (exact) mass is 406 g/mol. The first-order chi connectivity index (χ1) is 13.8. The molecule has 1 fully saturated rings. The van der Waals surface area contributed by atoms with Crippen LogP contribution >= 0.6 is 0 Å². The Morgan fingerprint density at radius 1 is 1.31 bits per heavy atom. The predicted octanol–water partition coefficient (Wildman–Crippen LogP) is 2.92. The van der Waals surface area contributed by atoms with Crippen LogP contribution in [0.3, 0.4) is 0 Å². The van der Waals surface area contributed by atoms with Gasteiger partial charge in [0, 0.05) is 18.8 Å². The molecule has 2 N–H and O–H groups in total. The molecule has 6 heteroatoms. The van der Waals surface area contributed by atoms with Crippen LogP contribution < -0.4 is 0 Å². The van der Waals surface area contributed by atoms with E-state index in [-0.39, 0.29) is 54.2 Å². The lowest BCUT2D eigenvalue weighted by atomic mass is 9.66. The lowest BCUT2D eigenvalue weighted by Crippen LogP contribution is -2.43. The van der Waals surface area contributed by atoms with Crippen molar-refractivity contribution in [2.45, 2.75) is 83.7 Å². The van der Waals surface area contributed by atoms with E-state index in [4.69, 9.17) is 9.47 Å². The molecule has 3 rings (SSSR count). The summed E-state index contributed by atoms with van der Waals surface area (Å²) in [5.74, 6) is -0.203. The molecule has 1 saturated heterocycles. The van der Waals surface area contributed by atoms with Crippen LogP contribution in [-0.4, -0.2) is 46.6 Å². The molecule has 162 valence electrons. The Kier molecular flexibility index (Phi) is 7.17. The van der Waals surface area contributed by atoms with E-state index in [1.807, 2.05) is 26.0 Å². The fraction of sp³-hybridized carbons (Fsp3) is 0.739. The second-order valence-corrected chi connectivity index (χ2v) is 8.95. The molecule has 0 aromatic rings. The Hall–Kier alpha value is -1.66. The van der Waals surface area contributed by atoms with E-state index in [2.05, 4.69) is 13.0 Å². The van der Waals surface area contributed by atoms with Gasteiger partial charge < -0.3 is 19.7 Å². The van der Waals surface area contributed by atoms with Crippen LogP contribution in [0.4, 0.5) is 0 Å². The number of hydrogen-bond acceptors (Lipinski definition) is 6. The standard InChI is InChI=1S/C23H34O6/c1-4-13(2)23(27)29-20-11-16(24)9-15-6-5-14(3)19(22(15)20)8-7-18-10-17(25)12-21(26)28-18/h5-6,9,13-14,16-20,22,24-25H,4,7-8,10-12H2,1-3H3/t13-,14-,16-,17+,18+,19-,20?,22-/m0/s1. The van der Waals surface area contributed by atoms with Crippen molar-refractivity contribution < 1.29 is 29.3 Å². The minimum Gasteiger partial charge on any atom is -0.462 e. The zero-order valence-corrected chi connectivity index (χ0v) is 17.6. The van der Waals surface area contributed by atoms with Crippen LogP contribution in [0.15, 0.2) is 23.8 Å². The quantitative estimate of drug-likeness (QED) is 0.659. The molecule has 0 spiro atoms. The van der Waals surface area contributed by atoms with Gasteiger partial charge in [-0.05, 0) is 36.7 Å². The van der Waals surface area contributed by atoms with Gasteiger partial charge in [-0.1, -0.05) is 39.0 Å². The van der Waals surface area contributed by atoms with E-state index in [1.54, 1.807) is 0 Å². The van der Waals surface area contributed by atoms with Gasteiger partial charge >= 0.3 is 11.9 Å². The van der Waals surface area contributed by atoms with E-state index in [1.165, 1.54) is 0 Å². The van der Waals surface area contributed by atoms with E-state index < -0.39 is 12.2 Å². The third-order valence-electron chi connectivity index (χ3n) is 6.71. The van der Waals surface area contributed by atoms with Crippen LogP contribution in [0.2, 0.25) is 0 Å². The largest absolute Gasteiger partial charge is 0.462 e. The van der Waals surface area contributed by atoms with Crippen molar-refractivity contribution in [1.82, 2.24) is 0 Å². The minimum atomic E-state index is -0.630. The number of aliphatic hydroxyl groups is 2. The average Bonchev–Trinajstić information content (AvgIpc) is 2.65. The van der Waals surface area contributed by atoms with Crippen LogP contribution in [0.1, 0.15) is 59.3 Å². The van der Waals surface area contributed by atoms with Gasteiger partial charge in [-0.25, -0.2) is 0 Å². The number of fused-ring (bicyclic) bond motifs is 1. The van der Waals surface area contributed by atoms with Gasteiger partial charge in [-0.2, -0.15) is 0 Å². The Balaban J connectivity index is 1.74. The molecular formula is C23H34O6. The van der Waals surface area contributed by atoms with Gasteiger partial charge in [-0.15, -0.1) is 0 Å². The second kappa shape index (κ2) is 9.43. The molecule has 0 radical (unpaired) electrons. The molecule has 6 nitrogen and oxygen atoms in total. The number of carbonyl (C=O) groups is 2. The number of ether oxygens (including phenoxy) is 2. The minimum absolute atomic E-state index is 0.0237. The first-order valence-corrected chi connectivity index (χ1v) is 10.9. The fourth-order valence-electron chi connectivity index (χ4n) is 4.84. The summed E-state index contributed by atoms with van der Waals surface area (Å²) in [7, 11) is 0. The van der Waals surface area contributed by atoms with Gasteiger partial charge in [0.2, 0.25) is 0 Å².